The smallest absolute Gasteiger partial charge is 0.236 e. The summed E-state index contributed by atoms with van der Waals surface area (Å²) in [6.45, 7) is 4.25. The summed E-state index contributed by atoms with van der Waals surface area (Å²) in [5, 5.41) is 12.1. The number of furan rings is 1. The van der Waals surface area contributed by atoms with Gasteiger partial charge in [0.1, 0.15) is 5.82 Å². The fourth-order valence-electron chi connectivity index (χ4n) is 2.04. The molecule has 0 aliphatic heterocycles. The lowest BCUT2D eigenvalue weighted by Gasteiger charge is -2.06. The number of pyridine rings is 1. The van der Waals surface area contributed by atoms with Crippen LogP contribution in [0.25, 0.3) is 11.6 Å². The summed E-state index contributed by atoms with van der Waals surface area (Å²) in [6, 6.07) is 6.88. The van der Waals surface area contributed by atoms with Crippen molar-refractivity contribution in [1.82, 2.24) is 19.7 Å². The van der Waals surface area contributed by atoms with E-state index >= 15 is 0 Å². The number of aromatic nitrogens is 4. The molecule has 0 aliphatic carbocycles. The predicted molar refractivity (Wildman–Crippen MR) is 96.5 cm³/mol. The first-order valence-electron chi connectivity index (χ1n) is 7.29. The molecule has 9 heteroatoms. The number of carbonyl (C=O) groups is 1. The van der Waals surface area contributed by atoms with Crippen LogP contribution in [0.15, 0.2) is 59.0 Å². The fraction of sp³-hybridized carbons (Fsp3) is 0.125. The monoisotopic (exact) mass is 375 g/mol. The van der Waals surface area contributed by atoms with Crippen LogP contribution in [0.1, 0.15) is 0 Å². The second-order valence-electron chi connectivity index (χ2n) is 4.88. The summed E-state index contributed by atoms with van der Waals surface area (Å²) >= 11 is 7.04. The molecule has 0 radical (unpaired) electrons. The number of anilines is 1. The number of halogens is 1. The topological polar surface area (TPSA) is 85.8 Å². The van der Waals surface area contributed by atoms with E-state index in [-0.39, 0.29) is 11.7 Å². The third-order valence-corrected chi connectivity index (χ3v) is 4.29. The van der Waals surface area contributed by atoms with Gasteiger partial charge in [0.2, 0.25) is 11.7 Å². The van der Waals surface area contributed by atoms with Gasteiger partial charge in [0.25, 0.3) is 0 Å². The highest BCUT2D eigenvalue weighted by Crippen LogP contribution is 2.24. The van der Waals surface area contributed by atoms with Crippen molar-refractivity contribution in [3.05, 3.63) is 54.4 Å². The van der Waals surface area contributed by atoms with Gasteiger partial charge in [0.05, 0.1) is 17.0 Å². The molecule has 3 aromatic rings. The van der Waals surface area contributed by atoms with Crippen molar-refractivity contribution in [2.45, 2.75) is 11.7 Å². The number of hydrogen-bond donors (Lipinski definition) is 1. The lowest BCUT2D eigenvalue weighted by atomic mass is 10.4. The molecule has 7 nitrogen and oxygen atoms in total. The molecule has 1 N–H and O–H groups in total. The summed E-state index contributed by atoms with van der Waals surface area (Å²) < 4.78 is 7.21. The van der Waals surface area contributed by atoms with Crippen LogP contribution in [0, 0.1) is 0 Å². The highest BCUT2D eigenvalue weighted by molar-refractivity contribution is 7.99. The van der Waals surface area contributed by atoms with Gasteiger partial charge in [-0.05, 0) is 24.3 Å². The van der Waals surface area contributed by atoms with E-state index in [1.165, 1.54) is 18.0 Å². The van der Waals surface area contributed by atoms with E-state index in [0.717, 1.165) is 0 Å². The van der Waals surface area contributed by atoms with Gasteiger partial charge in [-0.3, -0.25) is 9.36 Å². The minimum Gasteiger partial charge on any atom is -0.461 e. The van der Waals surface area contributed by atoms with E-state index in [2.05, 4.69) is 27.1 Å². The number of rotatable bonds is 7. The van der Waals surface area contributed by atoms with Crippen molar-refractivity contribution in [2.24, 2.45) is 0 Å². The minimum atomic E-state index is -0.201. The number of carbonyl (C=O) groups excluding carboxylic acids is 1. The maximum absolute atomic E-state index is 12.1. The second-order valence-corrected chi connectivity index (χ2v) is 6.26. The highest BCUT2D eigenvalue weighted by atomic mass is 35.5. The van der Waals surface area contributed by atoms with Crippen molar-refractivity contribution in [3.63, 3.8) is 0 Å². The molecule has 0 saturated heterocycles. The molecule has 0 aromatic carbocycles. The van der Waals surface area contributed by atoms with Gasteiger partial charge < -0.3 is 9.73 Å². The molecule has 0 saturated carbocycles. The summed E-state index contributed by atoms with van der Waals surface area (Å²) in [4.78, 5) is 16.1. The van der Waals surface area contributed by atoms with Crippen molar-refractivity contribution in [2.75, 3.05) is 11.1 Å². The van der Waals surface area contributed by atoms with Gasteiger partial charge in [0.15, 0.2) is 10.9 Å². The third-order valence-electron chi connectivity index (χ3n) is 3.10. The first-order chi connectivity index (χ1) is 12.2. The number of hydrogen-bond acceptors (Lipinski definition) is 6. The molecule has 3 aromatic heterocycles. The van der Waals surface area contributed by atoms with Gasteiger partial charge in [-0.25, -0.2) is 4.98 Å². The maximum Gasteiger partial charge on any atom is 0.236 e. The van der Waals surface area contributed by atoms with E-state index in [1.807, 2.05) is 4.57 Å². The summed E-state index contributed by atoms with van der Waals surface area (Å²) in [7, 11) is 0. The minimum absolute atomic E-state index is 0.164. The SMILES string of the molecule is C=CCn1c(SCC(=O)Nc2ccc(Cl)cn2)nnc1-c1ccco1. The largest absolute Gasteiger partial charge is 0.461 e. The van der Waals surface area contributed by atoms with Crippen molar-refractivity contribution in [3.8, 4) is 11.6 Å². The molecule has 0 spiro atoms. The number of nitrogens with one attached hydrogen (secondary N) is 1. The van der Waals surface area contributed by atoms with Crippen molar-refractivity contribution < 1.29 is 9.21 Å². The van der Waals surface area contributed by atoms with Crippen LogP contribution in [-0.4, -0.2) is 31.4 Å². The van der Waals surface area contributed by atoms with Crippen LogP contribution in [-0.2, 0) is 11.3 Å². The first kappa shape index (κ1) is 17.2. The van der Waals surface area contributed by atoms with Crippen LogP contribution in [0.2, 0.25) is 5.02 Å². The Morgan fingerprint density at radius 2 is 2.28 bits per heavy atom. The molecular formula is C16H14ClN5O2S. The number of nitrogens with zero attached hydrogens (tertiary/aromatic N) is 4. The van der Waals surface area contributed by atoms with Gasteiger partial charge in [0, 0.05) is 12.7 Å². The molecule has 0 fully saturated rings. The molecule has 25 heavy (non-hydrogen) atoms. The number of allylic oxidation sites excluding steroid dienone is 1. The Balaban J connectivity index is 1.67. The predicted octanol–water partition coefficient (Wildman–Crippen LogP) is 3.50. The maximum atomic E-state index is 12.1. The molecule has 0 bridgehead atoms. The van der Waals surface area contributed by atoms with Gasteiger partial charge in [-0.2, -0.15) is 0 Å². The Bertz CT molecular complexity index is 861. The van der Waals surface area contributed by atoms with Crippen LogP contribution >= 0.6 is 23.4 Å². The first-order valence-corrected chi connectivity index (χ1v) is 8.66. The summed E-state index contributed by atoms with van der Waals surface area (Å²) in [5.74, 6) is 1.60. The number of thioether (sulfide) groups is 1. The van der Waals surface area contributed by atoms with Crippen LogP contribution in [0.4, 0.5) is 5.82 Å². The zero-order valence-electron chi connectivity index (χ0n) is 13.1. The molecule has 3 heterocycles. The van der Waals surface area contributed by atoms with Crippen LogP contribution in [0.5, 0.6) is 0 Å². The molecule has 3 rings (SSSR count). The van der Waals surface area contributed by atoms with E-state index in [9.17, 15) is 4.79 Å². The molecular weight excluding hydrogens is 362 g/mol. The molecule has 1 amide bonds. The third kappa shape index (κ3) is 4.28. The Morgan fingerprint density at radius 3 is 2.96 bits per heavy atom. The molecule has 128 valence electrons. The zero-order chi connectivity index (χ0) is 17.6. The lowest BCUT2D eigenvalue weighted by Crippen LogP contribution is -2.15. The molecule has 0 aliphatic rings. The normalized spacial score (nSPS) is 10.6. The second kappa shape index (κ2) is 8.00. The van der Waals surface area contributed by atoms with E-state index in [4.69, 9.17) is 16.0 Å². The Labute approximate surface area is 153 Å². The van der Waals surface area contributed by atoms with Crippen molar-refractivity contribution >= 4 is 35.1 Å². The van der Waals surface area contributed by atoms with E-state index in [0.29, 0.717) is 34.1 Å². The van der Waals surface area contributed by atoms with Gasteiger partial charge in [-0.1, -0.05) is 29.4 Å². The van der Waals surface area contributed by atoms with E-state index in [1.54, 1.807) is 36.6 Å². The van der Waals surface area contributed by atoms with E-state index < -0.39 is 0 Å². The Morgan fingerprint density at radius 1 is 1.40 bits per heavy atom. The zero-order valence-corrected chi connectivity index (χ0v) is 14.6. The average Bonchev–Trinajstić information content (AvgIpc) is 3.25. The van der Waals surface area contributed by atoms with Gasteiger partial charge in [-0.15, -0.1) is 16.8 Å². The quantitative estimate of drug-likeness (QED) is 0.502. The summed E-state index contributed by atoms with van der Waals surface area (Å²) in [5.41, 5.74) is 0. The summed E-state index contributed by atoms with van der Waals surface area (Å²) in [6.07, 6.45) is 4.78. The average molecular weight is 376 g/mol. The Kier molecular flexibility index (Phi) is 5.52. The standard InChI is InChI=1S/C16H14ClN5O2S/c1-2-7-22-15(12-4-3-8-24-12)20-21-16(22)25-10-14(23)19-13-6-5-11(17)9-18-13/h2-6,8-9H,1,7,10H2,(H,18,19,23). The number of amides is 1. The van der Waals surface area contributed by atoms with Crippen molar-refractivity contribution in [1.29, 1.82) is 0 Å². The lowest BCUT2D eigenvalue weighted by molar-refractivity contribution is -0.113. The highest BCUT2D eigenvalue weighted by Gasteiger charge is 2.16. The molecule has 0 unspecified atom stereocenters. The fourth-order valence-corrected chi connectivity index (χ4v) is 2.90. The Hall–Kier alpha value is -2.58. The van der Waals surface area contributed by atoms with Gasteiger partial charge >= 0.3 is 0 Å². The van der Waals surface area contributed by atoms with Crippen LogP contribution < -0.4 is 5.32 Å². The molecule has 0 atom stereocenters. The van der Waals surface area contributed by atoms with Crippen LogP contribution in [0.3, 0.4) is 0 Å².